The van der Waals surface area contributed by atoms with Crippen molar-refractivity contribution < 1.29 is 24.5 Å². The van der Waals surface area contributed by atoms with Crippen LogP contribution in [0, 0.1) is 0 Å². The van der Waals surface area contributed by atoms with E-state index < -0.39 is 18.7 Å². The van der Waals surface area contributed by atoms with Crippen LogP contribution in [0.2, 0.25) is 5.02 Å². The van der Waals surface area contributed by atoms with Gasteiger partial charge in [-0.2, -0.15) is 0 Å². The Morgan fingerprint density at radius 3 is 2.91 bits per heavy atom. The van der Waals surface area contributed by atoms with Gasteiger partial charge in [-0.3, -0.25) is 10.2 Å². The van der Waals surface area contributed by atoms with Gasteiger partial charge >= 0.3 is 6.03 Å². The second-order valence-electron chi connectivity index (χ2n) is 7.20. The minimum Gasteiger partial charge on any atom is -0.490 e. The fourth-order valence-corrected chi connectivity index (χ4v) is 3.32. The Hall–Kier alpha value is -3.47. The van der Waals surface area contributed by atoms with Crippen LogP contribution in [0.15, 0.2) is 48.8 Å². The van der Waals surface area contributed by atoms with E-state index >= 15 is 0 Å². The smallest absolute Gasteiger partial charge is 0.328 e. The number of anilines is 2. The number of carbonyl (C=O) groups excluding carboxylic acids is 1. The van der Waals surface area contributed by atoms with Crippen LogP contribution in [-0.4, -0.2) is 63.7 Å². The molecule has 0 saturated heterocycles. The van der Waals surface area contributed by atoms with Crippen LogP contribution >= 0.6 is 11.6 Å². The molecule has 0 fully saturated rings. The molecule has 33 heavy (non-hydrogen) atoms. The van der Waals surface area contributed by atoms with Gasteiger partial charge in [-0.25, -0.2) is 19.7 Å². The van der Waals surface area contributed by atoms with Crippen molar-refractivity contribution in [1.29, 1.82) is 0 Å². The molecule has 4 rings (SSSR count). The number of aromatic nitrogens is 3. The largest absolute Gasteiger partial charge is 0.490 e. The van der Waals surface area contributed by atoms with E-state index in [1.165, 1.54) is 17.3 Å². The van der Waals surface area contributed by atoms with Gasteiger partial charge in [-0.15, -0.1) is 0 Å². The summed E-state index contributed by atoms with van der Waals surface area (Å²) in [6.45, 7) is 0.316. The Morgan fingerprint density at radius 1 is 1.27 bits per heavy atom. The number of nitrogens with one attached hydrogen (secondary N) is 1. The maximum atomic E-state index is 13.1. The van der Waals surface area contributed by atoms with Gasteiger partial charge in [0.2, 0.25) is 5.88 Å². The average Bonchev–Trinajstić information content (AvgIpc) is 3.05. The summed E-state index contributed by atoms with van der Waals surface area (Å²) in [7, 11) is 0. The van der Waals surface area contributed by atoms with Crippen molar-refractivity contribution in [3.8, 4) is 22.9 Å². The van der Waals surface area contributed by atoms with Crippen molar-refractivity contribution >= 4 is 29.3 Å². The lowest BCUT2D eigenvalue weighted by Gasteiger charge is -2.21. The Morgan fingerprint density at radius 2 is 2.15 bits per heavy atom. The number of carbonyl (C=O) groups is 1. The Balaban J connectivity index is 1.52. The number of halogens is 1. The van der Waals surface area contributed by atoms with Gasteiger partial charge < -0.3 is 19.7 Å². The van der Waals surface area contributed by atoms with Crippen LogP contribution in [0.1, 0.15) is 6.42 Å². The van der Waals surface area contributed by atoms with Gasteiger partial charge in [0.1, 0.15) is 12.7 Å². The van der Waals surface area contributed by atoms with E-state index in [2.05, 4.69) is 20.3 Å². The number of urea groups is 1. The number of benzene rings is 1. The molecule has 0 saturated carbocycles. The molecule has 1 aliphatic rings. The monoisotopic (exact) mass is 471 g/mol. The highest BCUT2D eigenvalue weighted by atomic mass is 35.5. The molecule has 1 aromatic carbocycles. The molecule has 10 nitrogen and oxygen atoms in total. The van der Waals surface area contributed by atoms with E-state index in [0.717, 1.165) is 5.56 Å². The zero-order valence-corrected chi connectivity index (χ0v) is 18.3. The summed E-state index contributed by atoms with van der Waals surface area (Å²) < 4.78 is 11.0. The first kappa shape index (κ1) is 22.7. The molecule has 0 bridgehead atoms. The molecular formula is C22H22ClN5O5. The fraction of sp³-hybridized carbons (Fsp3) is 0.273. The molecule has 3 aromatic rings. The van der Waals surface area contributed by atoms with Crippen LogP contribution in [0.25, 0.3) is 11.3 Å². The lowest BCUT2D eigenvalue weighted by atomic mass is 10.1. The van der Waals surface area contributed by atoms with Crippen LogP contribution in [0.3, 0.4) is 0 Å². The number of hydrogen-bond acceptors (Lipinski definition) is 8. The highest BCUT2D eigenvalue weighted by Gasteiger charge is 2.25. The van der Waals surface area contributed by atoms with E-state index in [1.807, 2.05) is 18.2 Å². The van der Waals surface area contributed by atoms with E-state index in [4.69, 9.17) is 26.2 Å². The molecular weight excluding hydrogens is 450 g/mol. The standard InChI is InChI=1S/C22H22ClN5O5/c23-15-4-1-3-14(9-15)17-5-6-18-21(26-17)28(7-2-8-32-18)22(31)27-19-10-25-20(11-24-19)33-13-16(30)12-29/h1,3-6,9-11,16,29-30H,2,7-8,12-13H2,(H,24,27,31)/t16-/m1/s1. The zero-order chi connectivity index (χ0) is 23.2. The average molecular weight is 472 g/mol. The third-order valence-corrected chi connectivity index (χ3v) is 4.98. The summed E-state index contributed by atoms with van der Waals surface area (Å²) in [5, 5.41) is 21.5. The molecule has 2 aromatic heterocycles. The van der Waals surface area contributed by atoms with Crippen LogP contribution in [0.5, 0.6) is 11.6 Å². The second-order valence-corrected chi connectivity index (χ2v) is 7.64. The van der Waals surface area contributed by atoms with Gasteiger partial charge in [0.25, 0.3) is 0 Å². The Bertz CT molecular complexity index is 1110. The predicted molar refractivity (Wildman–Crippen MR) is 122 cm³/mol. The molecule has 0 unspecified atom stereocenters. The maximum Gasteiger partial charge on any atom is 0.328 e. The molecule has 0 aliphatic carbocycles. The molecule has 3 N–H and O–H groups in total. The summed E-state index contributed by atoms with van der Waals surface area (Å²) in [6.07, 6.45) is 2.26. The molecule has 2 amide bonds. The molecule has 0 radical (unpaired) electrons. The van der Waals surface area contributed by atoms with Gasteiger partial charge in [0.05, 0.1) is 31.3 Å². The highest BCUT2D eigenvalue weighted by molar-refractivity contribution is 6.30. The Labute approximate surface area is 194 Å². The predicted octanol–water partition coefficient (Wildman–Crippen LogP) is 2.75. The van der Waals surface area contributed by atoms with Gasteiger partial charge in [-0.1, -0.05) is 23.7 Å². The van der Waals surface area contributed by atoms with Crippen molar-refractivity contribution in [2.75, 3.05) is 36.6 Å². The molecule has 172 valence electrons. The number of amides is 2. The molecule has 11 heteroatoms. The molecule has 1 atom stereocenters. The van der Waals surface area contributed by atoms with E-state index in [-0.39, 0.29) is 18.3 Å². The number of nitrogens with zero attached hydrogens (tertiary/aromatic N) is 4. The van der Waals surface area contributed by atoms with Gasteiger partial charge in [0.15, 0.2) is 17.4 Å². The minimum absolute atomic E-state index is 0.123. The van der Waals surface area contributed by atoms with Crippen LogP contribution < -0.4 is 19.7 Å². The highest BCUT2D eigenvalue weighted by Crippen LogP contribution is 2.33. The normalized spacial score (nSPS) is 14.0. The zero-order valence-electron chi connectivity index (χ0n) is 17.5. The van der Waals surface area contributed by atoms with Gasteiger partial charge in [0, 0.05) is 17.1 Å². The molecule has 0 spiro atoms. The van der Waals surface area contributed by atoms with E-state index in [0.29, 0.717) is 41.9 Å². The minimum atomic E-state index is -1.01. The maximum absolute atomic E-state index is 13.1. The van der Waals surface area contributed by atoms with Crippen molar-refractivity contribution in [2.24, 2.45) is 0 Å². The second kappa shape index (κ2) is 10.4. The summed E-state index contributed by atoms with van der Waals surface area (Å²) >= 11 is 6.12. The Kier molecular flexibility index (Phi) is 7.18. The summed E-state index contributed by atoms with van der Waals surface area (Å²) in [5.74, 6) is 1.27. The van der Waals surface area contributed by atoms with Crippen molar-refractivity contribution in [3.63, 3.8) is 0 Å². The SMILES string of the molecule is O=C(Nc1cnc(OC[C@H](O)CO)cn1)N1CCCOc2ccc(-c3cccc(Cl)c3)nc21. The van der Waals surface area contributed by atoms with E-state index in [9.17, 15) is 9.90 Å². The number of aliphatic hydroxyl groups excluding tert-OH is 2. The molecule has 3 heterocycles. The number of rotatable bonds is 6. The van der Waals surface area contributed by atoms with Crippen molar-refractivity contribution in [2.45, 2.75) is 12.5 Å². The number of ether oxygens (including phenoxy) is 2. The number of fused-ring (bicyclic) bond motifs is 1. The fourth-order valence-electron chi connectivity index (χ4n) is 3.13. The van der Waals surface area contributed by atoms with Crippen molar-refractivity contribution in [3.05, 3.63) is 53.8 Å². The number of hydrogen-bond donors (Lipinski definition) is 3. The lowest BCUT2D eigenvalue weighted by Crippen LogP contribution is -2.36. The van der Waals surface area contributed by atoms with E-state index in [1.54, 1.807) is 18.2 Å². The number of aliphatic hydroxyl groups is 2. The first-order chi connectivity index (χ1) is 16.0. The summed E-state index contributed by atoms with van der Waals surface area (Å²) in [5.41, 5.74) is 1.48. The molecule has 1 aliphatic heterocycles. The number of pyridine rings is 1. The lowest BCUT2D eigenvalue weighted by molar-refractivity contribution is 0.0520. The third kappa shape index (κ3) is 5.67. The first-order valence-electron chi connectivity index (χ1n) is 10.3. The summed E-state index contributed by atoms with van der Waals surface area (Å²) in [4.78, 5) is 27.4. The van der Waals surface area contributed by atoms with Crippen molar-refractivity contribution in [1.82, 2.24) is 15.0 Å². The summed E-state index contributed by atoms with van der Waals surface area (Å²) in [6, 6.07) is 10.5. The van der Waals surface area contributed by atoms with Gasteiger partial charge in [-0.05, 0) is 30.7 Å². The third-order valence-electron chi connectivity index (χ3n) is 4.74. The quantitative estimate of drug-likeness (QED) is 0.500. The topological polar surface area (TPSA) is 130 Å². The van der Waals surface area contributed by atoms with Crippen LogP contribution in [-0.2, 0) is 0 Å². The first-order valence-corrected chi connectivity index (χ1v) is 10.6. The van der Waals surface area contributed by atoms with Crippen LogP contribution in [0.4, 0.5) is 16.4 Å².